The first-order chi connectivity index (χ1) is 8.34. The smallest absolute Gasteiger partial charge is 0.381 e. The van der Waals surface area contributed by atoms with Crippen molar-refractivity contribution < 1.29 is 13.2 Å². The van der Waals surface area contributed by atoms with E-state index in [2.05, 4.69) is 5.32 Å². The lowest BCUT2D eigenvalue weighted by molar-refractivity contribution is -0.137. The zero-order chi connectivity index (χ0) is 13.8. The fourth-order valence-corrected chi connectivity index (χ4v) is 2.01. The van der Waals surface area contributed by atoms with E-state index >= 15 is 0 Å². The standard InChI is InChI=1S/C13H17ClF3N/c1-9(2)7-10(8-14)18-12-6-4-3-5-11(12)13(15,16)17/h3-6,9-10,18H,7-8H2,1-2H3. The molecule has 1 rings (SSSR count). The summed E-state index contributed by atoms with van der Waals surface area (Å²) in [5, 5.41) is 2.88. The number of anilines is 1. The molecule has 0 aliphatic carbocycles. The van der Waals surface area contributed by atoms with Crippen molar-refractivity contribution in [1.29, 1.82) is 0 Å². The molecule has 0 fully saturated rings. The predicted molar refractivity (Wildman–Crippen MR) is 69.0 cm³/mol. The van der Waals surface area contributed by atoms with Crippen LogP contribution in [0.3, 0.4) is 0 Å². The third kappa shape index (κ3) is 4.41. The second-order valence-electron chi connectivity index (χ2n) is 4.67. The van der Waals surface area contributed by atoms with E-state index in [1.807, 2.05) is 13.8 Å². The highest BCUT2D eigenvalue weighted by Gasteiger charge is 2.33. The van der Waals surface area contributed by atoms with Crippen LogP contribution in [-0.2, 0) is 6.18 Å². The highest BCUT2D eigenvalue weighted by Crippen LogP contribution is 2.35. The first-order valence-electron chi connectivity index (χ1n) is 5.83. The first-order valence-corrected chi connectivity index (χ1v) is 6.36. The summed E-state index contributed by atoms with van der Waals surface area (Å²) in [5.74, 6) is 0.656. The van der Waals surface area contributed by atoms with E-state index in [-0.39, 0.29) is 17.6 Å². The molecule has 1 nitrogen and oxygen atoms in total. The monoisotopic (exact) mass is 279 g/mol. The zero-order valence-electron chi connectivity index (χ0n) is 10.4. The molecule has 0 heterocycles. The Morgan fingerprint density at radius 1 is 1.22 bits per heavy atom. The van der Waals surface area contributed by atoms with Crippen LogP contribution in [0.4, 0.5) is 18.9 Å². The van der Waals surface area contributed by atoms with Gasteiger partial charge in [-0.1, -0.05) is 26.0 Å². The van der Waals surface area contributed by atoms with Gasteiger partial charge in [0, 0.05) is 17.6 Å². The molecular formula is C13H17ClF3N. The lowest BCUT2D eigenvalue weighted by Crippen LogP contribution is -2.25. The third-order valence-electron chi connectivity index (χ3n) is 2.53. The van der Waals surface area contributed by atoms with Gasteiger partial charge in [0.25, 0.3) is 0 Å². The Balaban J connectivity index is 2.89. The van der Waals surface area contributed by atoms with E-state index in [9.17, 15) is 13.2 Å². The molecule has 0 aliphatic heterocycles. The van der Waals surface area contributed by atoms with Crippen molar-refractivity contribution in [2.24, 2.45) is 5.92 Å². The second-order valence-corrected chi connectivity index (χ2v) is 4.98. The van der Waals surface area contributed by atoms with Gasteiger partial charge in [0.2, 0.25) is 0 Å². The van der Waals surface area contributed by atoms with Crippen molar-refractivity contribution in [3.8, 4) is 0 Å². The SMILES string of the molecule is CC(C)CC(CCl)Nc1ccccc1C(F)(F)F. The van der Waals surface area contributed by atoms with Crippen LogP contribution < -0.4 is 5.32 Å². The minimum absolute atomic E-state index is 0.0938. The second kappa shape index (κ2) is 6.32. The van der Waals surface area contributed by atoms with Crippen LogP contribution in [0.1, 0.15) is 25.8 Å². The van der Waals surface area contributed by atoms with Gasteiger partial charge in [-0.3, -0.25) is 0 Å². The maximum Gasteiger partial charge on any atom is 0.418 e. The van der Waals surface area contributed by atoms with Gasteiger partial charge in [-0.25, -0.2) is 0 Å². The zero-order valence-corrected chi connectivity index (χ0v) is 11.1. The largest absolute Gasteiger partial charge is 0.418 e. The molecule has 0 radical (unpaired) electrons. The molecule has 102 valence electrons. The lowest BCUT2D eigenvalue weighted by Gasteiger charge is -2.22. The Labute approximate surface area is 110 Å². The van der Waals surface area contributed by atoms with Crippen LogP contribution in [0.15, 0.2) is 24.3 Å². The van der Waals surface area contributed by atoms with Crippen molar-refractivity contribution in [1.82, 2.24) is 0 Å². The molecule has 0 spiro atoms. The van der Waals surface area contributed by atoms with E-state index in [1.165, 1.54) is 12.1 Å². The van der Waals surface area contributed by atoms with E-state index in [0.29, 0.717) is 5.92 Å². The minimum atomic E-state index is -4.35. The Bertz CT molecular complexity index is 377. The van der Waals surface area contributed by atoms with Gasteiger partial charge in [0.1, 0.15) is 0 Å². The molecule has 0 bridgehead atoms. The van der Waals surface area contributed by atoms with Gasteiger partial charge in [-0.15, -0.1) is 11.6 Å². The fourth-order valence-electron chi connectivity index (χ4n) is 1.81. The summed E-state index contributed by atoms with van der Waals surface area (Å²) in [7, 11) is 0. The molecule has 1 unspecified atom stereocenters. The summed E-state index contributed by atoms with van der Waals surface area (Å²) in [5.41, 5.74) is -0.555. The van der Waals surface area contributed by atoms with E-state index < -0.39 is 11.7 Å². The van der Waals surface area contributed by atoms with Crippen LogP contribution >= 0.6 is 11.6 Å². The molecule has 0 amide bonds. The summed E-state index contributed by atoms with van der Waals surface area (Å²) in [6.07, 6.45) is -3.62. The fraction of sp³-hybridized carbons (Fsp3) is 0.538. The summed E-state index contributed by atoms with van der Waals surface area (Å²) >= 11 is 5.78. The van der Waals surface area contributed by atoms with Crippen molar-refractivity contribution in [2.75, 3.05) is 11.2 Å². The normalized spacial score (nSPS) is 13.7. The topological polar surface area (TPSA) is 12.0 Å². The predicted octanol–water partition coefficient (Wildman–Crippen LogP) is 4.77. The number of nitrogens with one attached hydrogen (secondary N) is 1. The third-order valence-corrected chi connectivity index (χ3v) is 2.91. The van der Waals surface area contributed by atoms with Crippen molar-refractivity contribution >= 4 is 17.3 Å². The van der Waals surface area contributed by atoms with E-state index in [1.54, 1.807) is 6.07 Å². The highest BCUT2D eigenvalue weighted by atomic mass is 35.5. The lowest BCUT2D eigenvalue weighted by atomic mass is 10.0. The van der Waals surface area contributed by atoms with Crippen LogP contribution in [0.5, 0.6) is 0 Å². The molecule has 0 saturated heterocycles. The average Bonchev–Trinajstić information content (AvgIpc) is 2.26. The molecule has 1 aromatic rings. The van der Waals surface area contributed by atoms with Crippen LogP contribution in [0.25, 0.3) is 0 Å². The summed E-state index contributed by atoms with van der Waals surface area (Å²) in [4.78, 5) is 0. The van der Waals surface area contributed by atoms with Crippen LogP contribution in [0.2, 0.25) is 0 Å². The molecule has 0 aromatic heterocycles. The Morgan fingerprint density at radius 3 is 2.33 bits per heavy atom. The summed E-state index contributed by atoms with van der Waals surface area (Å²) < 4.78 is 38.4. The number of alkyl halides is 4. The molecule has 0 aliphatic rings. The van der Waals surface area contributed by atoms with Gasteiger partial charge in [-0.2, -0.15) is 13.2 Å². The molecule has 18 heavy (non-hydrogen) atoms. The molecule has 5 heteroatoms. The van der Waals surface area contributed by atoms with Gasteiger partial charge < -0.3 is 5.32 Å². The highest BCUT2D eigenvalue weighted by molar-refractivity contribution is 6.18. The summed E-state index contributed by atoms with van der Waals surface area (Å²) in [6.45, 7) is 4.02. The Morgan fingerprint density at radius 2 is 1.83 bits per heavy atom. The number of hydrogen-bond acceptors (Lipinski definition) is 1. The molecule has 1 N–H and O–H groups in total. The number of rotatable bonds is 5. The van der Waals surface area contributed by atoms with Gasteiger partial charge >= 0.3 is 6.18 Å². The molecule has 0 saturated carbocycles. The van der Waals surface area contributed by atoms with Crippen molar-refractivity contribution in [3.63, 3.8) is 0 Å². The number of benzene rings is 1. The number of halogens is 4. The molecular weight excluding hydrogens is 263 g/mol. The Kier molecular flexibility index (Phi) is 5.32. The quantitative estimate of drug-likeness (QED) is 0.766. The van der Waals surface area contributed by atoms with Crippen molar-refractivity contribution in [3.05, 3.63) is 29.8 Å². The number of hydrogen-bond donors (Lipinski definition) is 1. The average molecular weight is 280 g/mol. The first kappa shape index (κ1) is 15.2. The van der Waals surface area contributed by atoms with Gasteiger partial charge in [0.05, 0.1) is 5.56 Å². The number of para-hydroxylation sites is 1. The van der Waals surface area contributed by atoms with Crippen LogP contribution in [-0.4, -0.2) is 11.9 Å². The molecule has 1 aromatic carbocycles. The van der Waals surface area contributed by atoms with E-state index in [0.717, 1.165) is 12.5 Å². The minimum Gasteiger partial charge on any atom is -0.381 e. The Hall–Kier alpha value is -0.900. The summed E-state index contributed by atoms with van der Waals surface area (Å²) in [6, 6.07) is 5.31. The van der Waals surface area contributed by atoms with Gasteiger partial charge in [-0.05, 0) is 24.5 Å². The van der Waals surface area contributed by atoms with Crippen molar-refractivity contribution in [2.45, 2.75) is 32.5 Å². The maximum absolute atomic E-state index is 12.8. The van der Waals surface area contributed by atoms with Crippen LogP contribution in [0, 0.1) is 5.92 Å². The maximum atomic E-state index is 12.8. The van der Waals surface area contributed by atoms with Gasteiger partial charge in [0.15, 0.2) is 0 Å². The molecule has 1 atom stereocenters. The van der Waals surface area contributed by atoms with E-state index in [4.69, 9.17) is 11.6 Å².